The number of nitrogens with zero attached hydrogens (tertiary/aromatic N) is 3. The Morgan fingerprint density at radius 1 is 1.33 bits per heavy atom. The normalized spacial score (nSPS) is 12.0. The third-order valence-corrected chi connectivity index (χ3v) is 3.75. The number of nitrogens with one attached hydrogen (secondary N) is 1. The number of aryl methyl sites for hydroxylation is 1. The van der Waals surface area contributed by atoms with Crippen molar-refractivity contribution in [1.29, 1.82) is 0 Å². The highest BCUT2D eigenvalue weighted by atomic mass is 16.3. The van der Waals surface area contributed by atoms with E-state index in [1.165, 1.54) is 0 Å². The molecule has 0 saturated carbocycles. The first-order valence-corrected chi connectivity index (χ1v) is 6.89. The smallest absolute Gasteiger partial charge is 0.140 e. The van der Waals surface area contributed by atoms with Crippen LogP contribution in [0.2, 0.25) is 0 Å². The van der Waals surface area contributed by atoms with E-state index >= 15 is 0 Å². The molecule has 2 N–H and O–H groups in total. The Morgan fingerprint density at radius 2 is 2.06 bits per heavy atom. The van der Waals surface area contributed by atoms with Crippen LogP contribution in [0.15, 0.2) is 6.33 Å². The molecule has 0 atom stereocenters. The van der Waals surface area contributed by atoms with Crippen LogP contribution < -0.4 is 5.32 Å². The molecule has 0 saturated heterocycles. The van der Waals surface area contributed by atoms with Crippen LogP contribution in [0, 0.1) is 5.41 Å². The van der Waals surface area contributed by atoms with Crippen molar-refractivity contribution >= 4 is 0 Å². The van der Waals surface area contributed by atoms with Gasteiger partial charge in [-0.25, -0.2) is 9.67 Å². The van der Waals surface area contributed by atoms with Crippen molar-refractivity contribution in [3.8, 4) is 0 Å². The van der Waals surface area contributed by atoms with Crippen LogP contribution in [0.4, 0.5) is 0 Å². The number of rotatable bonds is 9. The minimum Gasteiger partial charge on any atom is -0.396 e. The van der Waals surface area contributed by atoms with Crippen LogP contribution in [0.3, 0.4) is 0 Å². The van der Waals surface area contributed by atoms with Crippen LogP contribution in [-0.4, -0.2) is 33.0 Å². The third-order valence-electron chi connectivity index (χ3n) is 3.75. The number of aliphatic hydroxyl groups excluding tert-OH is 1. The Hall–Kier alpha value is -0.940. The topological polar surface area (TPSA) is 63.0 Å². The number of hydrogen-bond donors (Lipinski definition) is 2. The summed E-state index contributed by atoms with van der Waals surface area (Å²) in [5, 5.41) is 17.1. The Bertz CT molecular complexity index is 325. The second kappa shape index (κ2) is 7.48. The second-order valence-electron chi connectivity index (χ2n) is 4.87. The maximum Gasteiger partial charge on any atom is 0.140 e. The summed E-state index contributed by atoms with van der Waals surface area (Å²) in [4.78, 5) is 4.26. The molecular weight excluding hydrogens is 228 g/mol. The van der Waals surface area contributed by atoms with Crippen molar-refractivity contribution in [2.45, 2.75) is 53.1 Å². The molecule has 0 aliphatic carbocycles. The maximum absolute atomic E-state index is 9.50. The van der Waals surface area contributed by atoms with E-state index < -0.39 is 0 Å². The van der Waals surface area contributed by atoms with Crippen molar-refractivity contribution in [1.82, 2.24) is 20.1 Å². The van der Waals surface area contributed by atoms with E-state index in [4.69, 9.17) is 0 Å². The van der Waals surface area contributed by atoms with Crippen LogP contribution in [-0.2, 0) is 13.1 Å². The quantitative estimate of drug-likeness (QED) is 0.702. The van der Waals surface area contributed by atoms with E-state index in [1.807, 2.05) is 4.68 Å². The molecule has 0 spiro atoms. The van der Waals surface area contributed by atoms with Crippen LogP contribution in [0.1, 0.15) is 45.9 Å². The highest BCUT2D eigenvalue weighted by Crippen LogP contribution is 2.24. The summed E-state index contributed by atoms with van der Waals surface area (Å²) >= 11 is 0. The van der Waals surface area contributed by atoms with E-state index in [0.717, 1.165) is 38.2 Å². The van der Waals surface area contributed by atoms with Gasteiger partial charge in [0.1, 0.15) is 12.2 Å². The molecule has 0 bridgehead atoms. The van der Waals surface area contributed by atoms with Gasteiger partial charge in [-0.2, -0.15) is 5.10 Å². The third kappa shape index (κ3) is 3.78. The Kier molecular flexibility index (Phi) is 6.29. The van der Waals surface area contributed by atoms with Gasteiger partial charge in [-0.3, -0.25) is 0 Å². The first-order valence-electron chi connectivity index (χ1n) is 6.89. The predicted octanol–water partition coefficient (Wildman–Crippen LogP) is 1.58. The first-order chi connectivity index (χ1) is 8.71. The van der Waals surface area contributed by atoms with E-state index in [9.17, 15) is 5.11 Å². The van der Waals surface area contributed by atoms with Gasteiger partial charge in [-0.15, -0.1) is 0 Å². The largest absolute Gasteiger partial charge is 0.396 e. The molecule has 0 unspecified atom stereocenters. The molecule has 5 nitrogen and oxygen atoms in total. The molecule has 0 aliphatic rings. The van der Waals surface area contributed by atoms with Gasteiger partial charge < -0.3 is 10.4 Å². The fraction of sp³-hybridized carbons (Fsp3) is 0.846. The lowest BCUT2D eigenvalue weighted by Crippen LogP contribution is -2.36. The zero-order valence-corrected chi connectivity index (χ0v) is 11.8. The molecule has 1 aromatic rings. The molecule has 0 aromatic carbocycles. The standard InChI is InChI=1S/C13H26N4O/c1-4-7-17-12(15-11-16-17)8-14-9-13(5-2,6-3)10-18/h11,14,18H,4-10H2,1-3H3. The monoisotopic (exact) mass is 254 g/mol. The van der Waals surface area contributed by atoms with E-state index in [-0.39, 0.29) is 12.0 Å². The molecular formula is C13H26N4O. The summed E-state index contributed by atoms with van der Waals surface area (Å²) in [6.45, 7) is 9.04. The minimum atomic E-state index is -0.00436. The summed E-state index contributed by atoms with van der Waals surface area (Å²) in [6.07, 6.45) is 4.62. The predicted molar refractivity (Wildman–Crippen MR) is 72.1 cm³/mol. The van der Waals surface area contributed by atoms with Crippen LogP contribution >= 0.6 is 0 Å². The second-order valence-corrected chi connectivity index (χ2v) is 4.87. The summed E-state index contributed by atoms with van der Waals surface area (Å²) in [6, 6.07) is 0. The summed E-state index contributed by atoms with van der Waals surface area (Å²) in [5.74, 6) is 0.968. The average Bonchev–Trinajstić information content (AvgIpc) is 2.83. The first kappa shape index (κ1) is 15.1. The summed E-state index contributed by atoms with van der Waals surface area (Å²) in [7, 11) is 0. The Balaban J connectivity index is 2.47. The summed E-state index contributed by atoms with van der Waals surface area (Å²) in [5.41, 5.74) is -0.00436. The van der Waals surface area contributed by atoms with Crippen molar-refractivity contribution in [3.05, 3.63) is 12.2 Å². The molecule has 0 fully saturated rings. The van der Waals surface area contributed by atoms with Crippen molar-refractivity contribution in [2.75, 3.05) is 13.2 Å². The molecule has 18 heavy (non-hydrogen) atoms. The fourth-order valence-electron chi connectivity index (χ4n) is 2.04. The van der Waals surface area contributed by atoms with Crippen molar-refractivity contribution in [2.24, 2.45) is 5.41 Å². The van der Waals surface area contributed by atoms with E-state index in [0.29, 0.717) is 6.54 Å². The zero-order valence-electron chi connectivity index (χ0n) is 11.8. The molecule has 0 aliphatic heterocycles. The summed E-state index contributed by atoms with van der Waals surface area (Å²) < 4.78 is 1.94. The average molecular weight is 254 g/mol. The minimum absolute atomic E-state index is 0.00436. The van der Waals surface area contributed by atoms with Gasteiger partial charge in [-0.1, -0.05) is 20.8 Å². The molecule has 0 radical (unpaired) electrons. The highest BCUT2D eigenvalue weighted by molar-refractivity contribution is 4.86. The zero-order chi connectivity index (χ0) is 13.4. The highest BCUT2D eigenvalue weighted by Gasteiger charge is 2.24. The number of aliphatic hydroxyl groups is 1. The molecule has 1 rings (SSSR count). The number of hydrogen-bond acceptors (Lipinski definition) is 4. The van der Waals surface area contributed by atoms with Gasteiger partial charge in [0.2, 0.25) is 0 Å². The lowest BCUT2D eigenvalue weighted by Gasteiger charge is -2.29. The lowest BCUT2D eigenvalue weighted by molar-refractivity contribution is 0.112. The number of aromatic nitrogens is 3. The van der Waals surface area contributed by atoms with Crippen LogP contribution in [0.5, 0.6) is 0 Å². The van der Waals surface area contributed by atoms with Crippen LogP contribution in [0.25, 0.3) is 0 Å². The van der Waals surface area contributed by atoms with Crippen molar-refractivity contribution in [3.63, 3.8) is 0 Å². The van der Waals surface area contributed by atoms with E-state index in [1.54, 1.807) is 6.33 Å². The van der Waals surface area contributed by atoms with Gasteiger partial charge >= 0.3 is 0 Å². The van der Waals surface area contributed by atoms with Gasteiger partial charge in [0, 0.05) is 25.1 Å². The van der Waals surface area contributed by atoms with Crippen molar-refractivity contribution < 1.29 is 5.11 Å². The SMILES string of the molecule is CCCn1ncnc1CNCC(CC)(CC)CO. The molecule has 0 amide bonds. The van der Waals surface area contributed by atoms with Gasteiger partial charge in [-0.05, 0) is 19.3 Å². The van der Waals surface area contributed by atoms with Gasteiger partial charge in [0.25, 0.3) is 0 Å². The lowest BCUT2D eigenvalue weighted by atomic mass is 9.83. The maximum atomic E-state index is 9.50. The Morgan fingerprint density at radius 3 is 2.61 bits per heavy atom. The molecule has 1 aromatic heterocycles. The molecule has 5 heteroatoms. The van der Waals surface area contributed by atoms with Gasteiger partial charge in [0.15, 0.2) is 0 Å². The van der Waals surface area contributed by atoms with Gasteiger partial charge in [0.05, 0.1) is 6.54 Å². The Labute approximate surface area is 110 Å². The van der Waals surface area contributed by atoms with E-state index in [2.05, 4.69) is 36.2 Å². The molecule has 1 heterocycles. The fourth-order valence-corrected chi connectivity index (χ4v) is 2.04. The molecule has 104 valence electrons.